The topological polar surface area (TPSA) is 69.9 Å². The van der Waals surface area contributed by atoms with Gasteiger partial charge in [-0.1, -0.05) is 12.1 Å². The van der Waals surface area contributed by atoms with Gasteiger partial charge >= 0.3 is 0 Å². The minimum absolute atomic E-state index is 0.0679. The lowest BCUT2D eigenvalue weighted by Gasteiger charge is -2.38. The van der Waals surface area contributed by atoms with Crippen molar-refractivity contribution >= 4 is 17.5 Å². The van der Waals surface area contributed by atoms with Crippen molar-refractivity contribution in [1.29, 1.82) is 0 Å². The molecule has 3 rings (SSSR count). The Hall–Kier alpha value is -2.15. The van der Waals surface area contributed by atoms with Crippen molar-refractivity contribution in [2.24, 2.45) is 11.7 Å². The number of amides is 2. The Kier molecular flexibility index (Phi) is 5.53. The fourth-order valence-electron chi connectivity index (χ4n) is 3.63. The van der Waals surface area contributed by atoms with Crippen molar-refractivity contribution in [3.8, 4) is 0 Å². The lowest BCUT2D eigenvalue weighted by molar-refractivity contribution is -0.134. The summed E-state index contributed by atoms with van der Waals surface area (Å²) >= 11 is 0. The molecule has 0 radical (unpaired) electrons. The number of piperidine rings is 1. The number of nitrogens with two attached hydrogens (primary N) is 1. The number of anilines is 1. The predicted molar refractivity (Wildman–Crippen MR) is 93.6 cm³/mol. The molecule has 1 aromatic carbocycles. The van der Waals surface area contributed by atoms with Gasteiger partial charge < -0.3 is 15.5 Å². The molecule has 0 bridgehead atoms. The van der Waals surface area contributed by atoms with E-state index in [1.807, 2.05) is 20.8 Å². The number of halogens is 1. The number of hydrogen-bond acceptors (Lipinski definition) is 4. The number of primary amides is 1. The largest absolute Gasteiger partial charge is 0.369 e. The first-order valence-corrected chi connectivity index (χ1v) is 8.83. The molecule has 6 nitrogen and oxygen atoms in total. The Morgan fingerprint density at radius 1 is 1.12 bits per heavy atom. The van der Waals surface area contributed by atoms with Crippen molar-refractivity contribution in [2.75, 3.05) is 50.7 Å². The van der Waals surface area contributed by atoms with Crippen LogP contribution in [0.15, 0.2) is 24.3 Å². The number of para-hydroxylation sites is 1. The Bertz CT molecular complexity index is 631. The van der Waals surface area contributed by atoms with Gasteiger partial charge in [-0.25, -0.2) is 4.39 Å². The van der Waals surface area contributed by atoms with Gasteiger partial charge in [0, 0.05) is 32.7 Å². The second-order valence-electron chi connectivity index (χ2n) is 6.80. The summed E-state index contributed by atoms with van der Waals surface area (Å²) in [5.41, 5.74) is 5.98. The van der Waals surface area contributed by atoms with Crippen LogP contribution in [0.2, 0.25) is 0 Å². The van der Waals surface area contributed by atoms with Crippen molar-refractivity contribution < 1.29 is 14.0 Å². The monoisotopic (exact) mass is 348 g/mol. The summed E-state index contributed by atoms with van der Waals surface area (Å²) in [7, 11) is 0. The number of carbonyl (C=O) groups excluding carboxylic acids is 2. The van der Waals surface area contributed by atoms with Crippen molar-refractivity contribution in [1.82, 2.24) is 9.80 Å². The highest BCUT2D eigenvalue weighted by Gasteiger charge is 2.28. The van der Waals surface area contributed by atoms with Crippen LogP contribution >= 0.6 is 0 Å². The van der Waals surface area contributed by atoms with Gasteiger partial charge in [0.15, 0.2) is 0 Å². The van der Waals surface area contributed by atoms with E-state index in [0.717, 1.165) is 19.4 Å². The molecule has 2 N–H and O–H groups in total. The Labute approximate surface area is 147 Å². The van der Waals surface area contributed by atoms with E-state index < -0.39 is 0 Å². The lowest BCUT2D eigenvalue weighted by atomic mass is 9.97. The third kappa shape index (κ3) is 4.28. The first-order valence-electron chi connectivity index (χ1n) is 8.83. The number of piperazine rings is 1. The van der Waals surface area contributed by atoms with Gasteiger partial charge in [0.1, 0.15) is 5.82 Å². The van der Waals surface area contributed by atoms with Gasteiger partial charge in [0.2, 0.25) is 11.8 Å². The molecule has 1 atom stereocenters. The number of likely N-dealkylation sites (tertiary alicyclic amines) is 1. The summed E-state index contributed by atoms with van der Waals surface area (Å²) in [4.78, 5) is 29.7. The Morgan fingerprint density at radius 2 is 1.84 bits per heavy atom. The quantitative estimate of drug-likeness (QED) is 0.868. The zero-order valence-electron chi connectivity index (χ0n) is 14.4. The first-order chi connectivity index (χ1) is 12.0. The van der Waals surface area contributed by atoms with E-state index in [2.05, 4.69) is 0 Å². The summed E-state index contributed by atoms with van der Waals surface area (Å²) in [6, 6.07) is 6.72. The van der Waals surface area contributed by atoms with Crippen LogP contribution in [-0.4, -0.2) is 67.4 Å². The molecule has 2 aliphatic rings. The molecule has 2 heterocycles. The molecule has 1 aromatic rings. The summed E-state index contributed by atoms with van der Waals surface area (Å²) in [6.07, 6.45) is 1.70. The molecule has 2 fully saturated rings. The molecule has 136 valence electrons. The minimum atomic E-state index is -0.282. The molecule has 2 saturated heterocycles. The second kappa shape index (κ2) is 7.82. The van der Waals surface area contributed by atoms with E-state index in [1.54, 1.807) is 12.1 Å². The molecule has 0 unspecified atom stereocenters. The second-order valence-corrected chi connectivity index (χ2v) is 6.80. The van der Waals surface area contributed by atoms with Gasteiger partial charge in [0.05, 0.1) is 18.2 Å². The zero-order valence-corrected chi connectivity index (χ0v) is 14.4. The predicted octanol–water partition coefficient (Wildman–Crippen LogP) is 0.672. The maximum atomic E-state index is 13.9. The molecular formula is C18H25FN4O2. The van der Waals surface area contributed by atoms with Crippen LogP contribution in [0.5, 0.6) is 0 Å². The zero-order chi connectivity index (χ0) is 17.8. The van der Waals surface area contributed by atoms with Crippen molar-refractivity contribution in [2.45, 2.75) is 12.8 Å². The normalized spacial score (nSPS) is 22.0. The average Bonchev–Trinajstić information content (AvgIpc) is 2.62. The summed E-state index contributed by atoms with van der Waals surface area (Å²) in [5, 5.41) is 0. The van der Waals surface area contributed by atoms with Gasteiger partial charge in [-0.15, -0.1) is 0 Å². The smallest absolute Gasteiger partial charge is 0.236 e. The first kappa shape index (κ1) is 17.7. The number of rotatable bonds is 4. The molecule has 0 saturated carbocycles. The SMILES string of the molecule is NC(=O)[C@@H]1CCCN(CC(=O)N2CCN(c3ccccc3F)CC2)C1. The van der Waals surface area contributed by atoms with E-state index in [9.17, 15) is 14.0 Å². The highest BCUT2D eigenvalue weighted by molar-refractivity contribution is 5.79. The molecule has 25 heavy (non-hydrogen) atoms. The molecule has 0 aromatic heterocycles. The average molecular weight is 348 g/mol. The summed E-state index contributed by atoms with van der Waals surface area (Å²) < 4.78 is 13.9. The molecule has 0 spiro atoms. The molecule has 0 aliphatic carbocycles. The fourth-order valence-corrected chi connectivity index (χ4v) is 3.63. The van der Waals surface area contributed by atoms with Crippen LogP contribution in [0.25, 0.3) is 0 Å². The van der Waals surface area contributed by atoms with Crippen molar-refractivity contribution in [3.63, 3.8) is 0 Å². The lowest BCUT2D eigenvalue weighted by Crippen LogP contribution is -2.52. The molecule has 7 heteroatoms. The van der Waals surface area contributed by atoms with E-state index in [0.29, 0.717) is 45.0 Å². The summed E-state index contributed by atoms with van der Waals surface area (Å²) in [5.74, 6) is -0.596. The van der Waals surface area contributed by atoms with Crippen LogP contribution in [0, 0.1) is 11.7 Å². The van der Waals surface area contributed by atoms with Gasteiger partial charge in [0.25, 0.3) is 0 Å². The number of hydrogen-bond donors (Lipinski definition) is 1. The Morgan fingerprint density at radius 3 is 2.52 bits per heavy atom. The minimum Gasteiger partial charge on any atom is -0.369 e. The number of benzene rings is 1. The molecule has 2 aliphatic heterocycles. The van der Waals surface area contributed by atoms with Crippen LogP contribution < -0.4 is 10.6 Å². The van der Waals surface area contributed by atoms with Gasteiger partial charge in [-0.2, -0.15) is 0 Å². The third-order valence-corrected chi connectivity index (χ3v) is 5.09. The molecule has 2 amide bonds. The Balaban J connectivity index is 1.50. The van der Waals surface area contributed by atoms with Gasteiger partial charge in [-0.05, 0) is 31.5 Å². The maximum absolute atomic E-state index is 13.9. The van der Waals surface area contributed by atoms with Crippen LogP contribution in [0.4, 0.5) is 10.1 Å². The summed E-state index contributed by atoms with van der Waals surface area (Å²) in [6.45, 7) is 4.12. The number of carbonyl (C=O) groups is 2. The molecular weight excluding hydrogens is 323 g/mol. The van der Waals surface area contributed by atoms with E-state index in [1.165, 1.54) is 6.07 Å². The standard InChI is InChI=1S/C18H25FN4O2/c19-15-5-1-2-6-16(15)22-8-10-23(11-9-22)17(24)13-21-7-3-4-14(12-21)18(20)25/h1-2,5-6,14H,3-4,7-13H2,(H2,20,25)/t14-/m1/s1. The van der Waals surface area contributed by atoms with Crippen LogP contribution in [0.3, 0.4) is 0 Å². The highest BCUT2D eigenvalue weighted by atomic mass is 19.1. The highest BCUT2D eigenvalue weighted by Crippen LogP contribution is 2.20. The van der Waals surface area contributed by atoms with E-state index >= 15 is 0 Å². The van der Waals surface area contributed by atoms with Crippen LogP contribution in [-0.2, 0) is 9.59 Å². The van der Waals surface area contributed by atoms with E-state index in [4.69, 9.17) is 5.73 Å². The van der Waals surface area contributed by atoms with E-state index in [-0.39, 0.29) is 23.5 Å². The number of nitrogens with zero attached hydrogens (tertiary/aromatic N) is 3. The van der Waals surface area contributed by atoms with Crippen molar-refractivity contribution in [3.05, 3.63) is 30.1 Å². The third-order valence-electron chi connectivity index (χ3n) is 5.09. The fraction of sp³-hybridized carbons (Fsp3) is 0.556. The van der Waals surface area contributed by atoms with Crippen LogP contribution in [0.1, 0.15) is 12.8 Å². The van der Waals surface area contributed by atoms with Gasteiger partial charge in [-0.3, -0.25) is 14.5 Å². The maximum Gasteiger partial charge on any atom is 0.236 e.